The summed E-state index contributed by atoms with van der Waals surface area (Å²) in [5.41, 5.74) is 7.53. The van der Waals surface area contributed by atoms with Gasteiger partial charge in [-0.1, -0.05) is 170 Å². The zero-order chi connectivity index (χ0) is 40.4. The second-order valence-corrected chi connectivity index (χ2v) is 14.4. The summed E-state index contributed by atoms with van der Waals surface area (Å²) in [6, 6.07) is 53.9. The number of ether oxygens (including phenoxy) is 6. The third-order valence-electron chi connectivity index (χ3n) is 10.6. The topological polar surface area (TPSA) is 122 Å². The first-order valence-corrected chi connectivity index (χ1v) is 19.7. The molecule has 0 spiro atoms. The Morgan fingerprint density at radius 3 is 1.51 bits per heavy atom. The first-order valence-electron chi connectivity index (χ1n) is 19.7. The van der Waals surface area contributed by atoms with Crippen LogP contribution in [0, 0.1) is 0 Å². The molecule has 0 unspecified atom stereocenters. The Kier molecular flexibility index (Phi) is 12.8. The number of carbonyl (C=O) groups excluding carboxylic acids is 1. The number of aliphatic carboxylic acids is 1. The number of nitrogens with one attached hydrogen (secondary N) is 1. The molecular weight excluding hydrogens is 747 g/mol. The predicted molar refractivity (Wildman–Crippen MR) is 220 cm³/mol. The van der Waals surface area contributed by atoms with Crippen LogP contribution in [0.1, 0.15) is 45.5 Å². The lowest BCUT2D eigenvalue weighted by Gasteiger charge is -2.45. The van der Waals surface area contributed by atoms with Gasteiger partial charge in [-0.2, -0.15) is 0 Å². The van der Waals surface area contributed by atoms with Gasteiger partial charge >= 0.3 is 12.1 Å². The second kappa shape index (κ2) is 19.1. The lowest BCUT2D eigenvalue weighted by atomic mass is 9.97. The highest BCUT2D eigenvalue weighted by Crippen LogP contribution is 2.44. The molecule has 1 aliphatic carbocycles. The van der Waals surface area contributed by atoms with Crippen molar-refractivity contribution in [1.29, 1.82) is 0 Å². The van der Waals surface area contributed by atoms with Crippen LogP contribution in [-0.4, -0.2) is 54.5 Å². The maximum Gasteiger partial charge on any atom is 0.409 e. The van der Waals surface area contributed by atoms with Gasteiger partial charge in [-0.25, -0.2) is 9.59 Å². The van der Waals surface area contributed by atoms with Crippen molar-refractivity contribution in [2.24, 2.45) is 0 Å². The van der Waals surface area contributed by atoms with E-state index in [2.05, 4.69) is 29.6 Å². The van der Waals surface area contributed by atoms with Crippen LogP contribution in [0.2, 0.25) is 0 Å². The molecule has 10 nitrogen and oxygen atoms in total. The molecule has 1 heterocycles. The summed E-state index contributed by atoms with van der Waals surface area (Å²) in [7, 11) is 0. The number of carbonyl (C=O) groups is 2. The molecule has 2 N–H and O–H groups in total. The van der Waals surface area contributed by atoms with Crippen LogP contribution in [0.3, 0.4) is 0 Å². The number of carboxylic acids is 1. The van der Waals surface area contributed by atoms with Crippen molar-refractivity contribution in [2.45, 2.75) is 62.7 Å². The molecule has 6 aromatic carbocycles. The van der Waals surface area contributed by atoms with Crippen LogP contribution in [0.5, 0.6) is 0 Å². The fourth-order valence-corrected chi connectivity index (χ4v) is 7.67. The highest BCUT2D eigenvalue weighted by molar-refractivity contribution is 5.79. The van der Waals surface area contributed by atoms with Gasteiger partial charge in [0.1, 0.15) is 24.9 Å². The minimum Gasteiger partial charge on any atom is -0.479 e. The van der Waals surface area contributed by atoms with E-state index in [1.165, 1.54) is 0 Å². The largest absolute Gasteiger partial charge is 0.479 e. The summed E-state index contributed by atoms with van der Waals surface area (Å²) < 4.78 is 38.6. The maximum atomic E-state index is 13.8. The van der Waals surface area contributed by atoms with Crippen LogP contribution in [0.25, 0.3) is 11.1 Å². The first-order chi connectivity index (χ1) is 29.0. The number of hydrogen-bond acceptors (Lipinski definition) is 8. The van der Waals surface area contributed by atoms with Gasteiger partial charge in [0, 0.05) is 11.5 Å². The molecule has 0 aromatic heterocycles. The first kappa shape index (κ1) is 39.7. The third-order valence-corrected chi connectivity index (χ3v) is 10.6. The molecule has 1 amide bonds. The van der Waals surface area contributed by atoms with E-state index < -0.39 is 49.0 Å². The van der Waals surface area contributed by atoms with E-state index in [9.17, 15) is 14.7 Å². The zero-order valence-corrected chi connectivity index (χ0v) is 32.2. The number of rotatable bonds is 16. The molecule has 0 bridgehead atoms. The second-order valence-electron chi connectivity index (χ2n) is 14.4. The van der Waals surface area contributed by atoms with Crippen molar-refractivity contribution in [3.63, 3.8) is 0 Å². The molecule has 6 aromatic rings. The van der Waals surface area contributed by atoms with Crippen molar-refractivity contribution >= 4 is 12.1 Å². The van der Waals surface area contributed by atoms with Crippen molar-refractivity contribution in [3.8, 4) is 11.1 Å². The molecule has 10 heteroatoms. The van der Waals surface area contributed by atoms with Crippen molar-refractivity contribution in [3.05, 3.63) is 203 Å². The van der Waals surface area contributed by atoms with Gasteiger partial charge in [0.2, 0.25) is 0 Å². The SMILES string of the molecule is O=C(N[C@H](O[C@@H]1O[C@H](C(=O)O)[C@@H](OCc2ccccc2)[C@H](OCc2ccccc2)[C@H]1OCc1ccccc1)c1ccccc1)OCC1c2ccccc2-c2ccccc21. The Morgan fingerprint density at radius 2 is 1.00 bits per heavy atom. The van der Waals surface area contributed by atoms with E-state index in [4.69, 9.17) is 28.4 Å². The van der Waals surface area contributed by atoms with Crippen LogP contribution >= 0.6 is 0 Å². The molecule has 59 heavy (non-hydrogen) atoms. The molecule has 1 saturated heterocycles. The summed E-state index contributed by atoms with van der Waals surface area (Å²) in [5, 5.41) is 13.6. The molecular formula is C49H45NO9. The Hall–Kier alpha value is -6.14. The van der Waals surface area contributed by atoms with Crippen molar-refractivity contribution in [1.82, 2.24) is 5.32 Å². The van der Waals surface area contributed by atoms with Gasteiger partial charge in [0.25, 0.3) is 0 Å². The average molecular weight is 792 g/mol. The van der Waals surface area contributed by atoms with Gasteiger partial charge in [-0.15, -0.1) is 0 Å². The van der Waals surface area contributed by atoms with Crippen molar-refractivity contribution in [2.75, 3.05) is 6.61 Å². The van der Waals surface area contributed by atoms with E-state index in [0.717, 1.165) is 38.9 Å². The maximum absolute atomic E-state index is 13.8. The van der Waals surface area contributed by atoms with Gasteiger partial charge in [-0.05, 0) is 38.9 Å². The number of fused-ring (bicyclic) bond motifs is 3. The van der Waals surface area contributed by atoms with E-state index in [-0.39, 0.29) is 32.3 Å². The number of hydrogen-bond donors (Lipinski definition) is 2. The molecule has 0 radical (unpaired) electrons. The number of alkyl carbamates (subject to hydrolysis) is 1. The summed E-state index contributed by atoms with van der Waals surface area (Å²) in [6.07, 6.45) is -7.94. The zero-order valence-electron chi connectivity index (χ0n) is 32.2. The normalized spacial score (nSPS) is 20.2. The summed E-state index contributed by atoms with van der Waals surface area (Å²) in [5.74, 6) is -1.43. The predicted octanol–water partition coefficient (Wildman–Crippen LogP) is 8.81. The summed E-state index contributed by atoms with van der Waals surface area (Å²) in [6.45, 7) is 0.428. The van der Waals surface area contributed by atoms with E-state index in [0.29, 0.717) is 5.56 Å². The van der Waals surface area contributed by atoms with Crippen molar-refractivity contribution < 1.29 is 43.1 Å². The van der Waals surface area contributed by atoms with Crippen LogP contribution < -0.4 is 5.32 Å². The minimum atomic E-state index is -1.54. The van der Waals surface area contributed by atoms with E-state index in [1.54, 1.807) is 12.1 Å². The standard InChI is InChI=1S/C49H45NO9/c51-47(52)44-42(54-29-33-17-5-1-6-18-33)43(55-30-34-19-7-2-8-20-34)45(56-31-35-21-9-3-10-22-35)48(58-44)59-46(36-23-11-4-12-24-36)50-49(53)57-32-41-39-27-15-13-25-37(39)38-26-14-16-28-40(38)41/h1-28,41-46,48H,29-32H2,(H,50,53)(H,51,52)/t42-,43-,44-,45+,46+,48-/m0/s1. The smallest absolute Gasteiger partial charge is 0.409 e. The van der Waals surface area contributed by atoms with Gasteiger partial charge in [-0.3, -0.25) is 5.32 Å². The lowest BCUT2D eigenvalue weighted by Crippen LogP contribution is -2.63. The van der Waals surface area contributed by atoms with Crippen LogP contribution in [0.15, 0.2) is 170 Å². The fourth-order valence-electron chi connectivity index (χ4n) is 7.67. The Morgan fingerprint density at radius 1 is 0.559 bits per heavy atom. The molecule has 300 valence electrons. The monoisotopic (exact) mass is 791 g/mol. The average Bonchev–Trinajstić information content (AvgIpc) is 3.61. The van der Waals surface area contributed by atoms with Gasteiger partial charge in [0.15, 0.2) is 18.6 Å². The molecule has 6 atom stereocenters. The van der Waals surface area contributed by atoms with Crippen LogP contribution in [0.4, 0.5) is 4.79 Å². The molecule has 0 saturated carbocycles. The molecule has 1 fully saturated rings. The van der Waals surface area contributed by atoms with Crippen LogP contribution in [-0.2, 0) is 53.0 Å². The summed E-state index contributed by atoms with van der Waals surface area (Å²) in [4.78, 5) is 26.9. The van der Waals surface area contributed by atoms with E-state index >= 15 is 0 Å². The number of carboxylic acid groups (broad SMARTS) is 1. The molecule has 1 aliphatic heterocycles. The fraction of sp³-hybridized carbons (Fsp3) is 0.224. The lowest BCUT2D eigenvalue weighted by molar-refractivity contribution is -0.330. The Bertz CT molecular complexity index is 2230. The minimum absolute atomic E-state index is 0.0844. The number of amides is 1. The Labute approximate surface area is 343 Å². The van der Waals surface area contributed by atoms with Gasteiger partial charge < -0.3 is 33.5 Å². The third kappa shape index (κ3) is 9.60. The highest BCUT2D eigenvalue weighted by Gasteiger charge is 2.52. The summed E-state index contributed by atoms with van der Waals surface area (Å²) >= 11 is 0. The van der Waals surface area contributed by atoms with E-state index in [1.807, 2.05) is 133 Å². The van der Waals surface area contributed by atoms with Gasteiger partial charge in [0.05, 0.1) is 19.8 Å². The Balaban J connectivity index is 1.08. The number of benzene rings is 6. The highest BCUT2D eigenvalue weighted by atomic mass is 16.7. The molecule has 2 aliphatic rings. The molecule has 8 rings (SSSR count). The quantitative estimate of drug-likeness (QED) is 0.0927.